The van der Waals surface area contributed by atoms with E-state index in [-0.39, 0.29) is 30.5 Å². The van der Waals surface area contributed by atoms with Crippen molar-refractivity contribution < 1.29 is 9.52 Å². The minimum atomic E-state index is -1.11. The van der Waals surface area contributed by atoms with Gasteiger partial charge in [0.2, 0.25) is 0 Å². The average Bonchev–Trinajstić information content (AvgIpc) is 2.92. The lowest BCUT2D eigenvalue weighted by molar-refractivity contribution is 0.0428. The number of aliphatic imine (C=N–C) groups is 1. The molecule has 1 unspecified atom stereocenters. The molecule has 0 aliphatic carbocycles. The van der Waals surface area contributed by atoms with Gasteiger partial charge in [-0.25, -0.2) is 4.99 Å². The second-order valence-corrected chi connectivity index (χ2v) is 5.70. The van der Waals surface area contributed by atoms with E-state index in [1.165, 1.54) is 0 Å². The Balaban J connectivity index is 0.00000484. The van der Waals surface area contributed by atoms with Crippen molar-refractivity contribution in [2.45, 2.75) is 33.3 Å². The maximum absolute atomic E-state index is 10.5. The summed E-state index contributed by atoms with van der Waals surface area (Å²) in [6.45, 7) is 11.5. The van der Waals surface area contributed by atoms with Crippen LogP contribution in [0.2, 0.25) is 0 Å². The first-order valence-corrected chi connectivity index (χ1v) is 7.89. The summed E-state index contributed by atoms with van der Waals surface area (Å²) in [5.41, 5.74) is -1.11. The molecule has 0 aromatic carbocycles. The van der Waals surface area contributed by atoms with Crippen molar-refractivity contribution in [3.63, 3.8) is 0 Å². The van der Waals surface area contributed by atoms with Gasteiger partial charge in [-0.15, -0.1) is 24.0 Å². The molecule has 0 spiro atoms. The molecule has 6 nitrogen and oxygen atoms in total. The first-order valence-electron chi connectivity index (χ1n) is 7.89. The second kappa shape index (κ2) is 10.9. The zero-order valence-corrected chi connectivity index (χ0v) is 17.2. The van der Waals surface area contributed by atoms with Crippen LogP contribution in [0, 0.1) is 6.92 Å². The minimum absolute atomic E-state index is 0. The molecule has 0 fully saturated rings. The molecule has 0 aliphatic heterocycles. The van der Waals surface area contributed by atoms with Gasteiger partial charge in [0.1, 0.15) is 17.1 Å². The van der Waals surface area contributed by atoms with Crippen molar-refractivity contribution in [3.8, 4) is 0 Å². The fraction of sp³-hybridized carbons (Fsp3) is 0.688. The Morgan fingerprint density at radius 3 is 2.57 bits per heavy atom. The molecule has 23 heavy (non-hydrogen) atoms. The zero-order valence-electron chi connectivity index (χ0n) is 14.8. The van der Waals surface area contributed by atoms with Gasteiger partial charge in [0, 0.05) is 19.6 Å². The molecular weight excluding hydrogens is 407 g/mol. The molecule has 134 valence electrons. The van der Waals surface area contributed by atoms with Crippen LogP contribution >= 0.6 is 24.0 Å². The summed E-state index contributed by atoms with van der Waals surface area (Å²) in [5.74, 6) is 2.03. The highest BCUT2D eigenvalue weighted by atomic mass is 127. The predicted octanol–water partition coefficient (Wildman–Crippen LogP) is 1.92. The first-order chi connectivity index (χ1) is 10.4. The molecule has 0 bridgehead atoms. The summed E-state index contributed by atoms with van der Waals surface area (Å²) >= 11 is 0. The molecular formula is C16H31IN4O2. The summed E-state index contributed by atoms with van der Waals surface area (Å²) in [4.78, 5) is 6.68. The number of likely N-dealkylation sites (N-methyl/N-ethyl adjacent to an activating group) is 1. The number of guanidine groups is 1. The topological polar surface area (TPSA) is 73.0 Å². The van der Waals surface area contributed by atoms with Crippen LogP contribution in [0.25, 0.3) is 0 Å². The van der Waals surface area contributed by atoms with Gasteiger partial charge in [-0.2, -0.15) is 0 Å². The van der Waals surface area contributed by atoms with Crippen LogP contribution in [0.1, 0.15) is 32.3 Å². The highest BCUT2D eigenvalue weighted by molar-refractivity contribution is 14.0. The van der Waals surface area contributed by atoms with E-state index in [1.807, 2.05) is 19.9 Å². The van der Waals surface area contributed by atoms with Crippen LogP contribution in [0.15, 0.2) is 21.5 Å². The van der Waals surface area contributed by atoms with Gasteiger partial charge in [0.05, 0.1) is 6.54 Å². The molecule has 1 heterocycles. The number of aryl methyl sites for hydroxylation is 1. The van der Waals surface area contributed by atoms with Crippen molar-refractivity contribution >= 4 is 29.9 Å². The number of aliphatic hydroxyl groups is 1. The largest absolute Gasteiger partial charge is 0.463 e. The Morgan fingerprint density at radius 1 is 1.35 bits per heavy atom. The van der Waals surface area contributed by atoms with Crippen molar-refractivity contribution in [1.82, 2.24) is 15.5 Å². The Hall–Kier alpha value is -0.800. The third-order valence-electron chi connectivity index (χ3n) is 3.49. The quantitative estimate of drug-likeness (QED) is 0.329. The number of furan rings is 1. The van der Waals surface area contributed by atoms with Gasteiger partial charge in [0.15, 0.2) is 5.96 Å². The molecule has 0 saturated carbocycles. The van der Waals surface area contributed by atoms with Crippen LogP contribution in [0.5, 0.6) is 0 Å². The summed E-state index contributed by atoms with van der Waals surface area (Å²) in [5, 5.41) is 17.0. The third-order valence-corrected chi connectivity index (χ3v) is 3.49. The van der Waals surface area contributed by atoms with Gasteiger partial charge in [0.25, 0.3) is 0 Å². The maximum atomic E-state index is 10.5. The van der Waals surface area contributed by atoms with E-state index in [0.717, 1.165) is 31.9 Å². The van der Waals surface area contributed by atoms with Crippen molar-refractivity contribution in [1.29, 1.82) is 0 Å². The van der Waals surface area contributed by atoms with Crippen LogP contribution in [-0.4, -0.2) is 55.7 Å². The fourth-order valence-corrected chi connectivity index (χ4v) is 1.90. The van der Waals surface area contributed by atoms with Crippen LogP contribution in [0.4, 0.5) is 0 Å². The number of nitrogens with one attached hydrogen (secondary N) is 2. The lowest BCUT2D eigenvalue weighted by Gasteiger charge is -2.20. The van der Waals surface area contributed by atoms with E-state index in [1.54, 1.807) is 13.0 Å². The Morgan fingerprint density at radius 2 is 2.04 bits per heavy atom. The van der Waals surface area contributed by atoms with Gasteiger partial charge in [-0.3, -0.25) is 0 Å². The van der Waals surface area contributed by atoms with E-state index < -0.39 is 5.60 Å². The third kappa shape index (κ3) is 8.03. The van der Waals surface area contributed by atoms with Crippen LogP contribution < -0.4 is 10.6 Å². The Bertz CT molecular complexity index is 474. The zero-order chi connectivity index (χ0) is 16.6. The molecule has 1 rings (SSSR count). The lowest BCUT2D eigenvalue weighted by atomic mass is 10.0. The number of hydrogen-bond acceptors (Lipinski definition) is 4. The van der Waals surface area contributed by atoms with Crippen molar-refractivity contribution in [3.05, 3.63) is 23.7 Å². The summed E-state index contributed by atoms with van der Waals surface area (Å²) in [6.07, 6.45) is 0. The minimum Gasteiger partial charge on any atom is -0.463 e. The number of halogens is 1. The van der Waals surface area contributed by atoms with E-state index in [2.05, 4.69) is 34.5 Å². The monoisotopic (exact) mass is 438 g/mol. The van der Waals surface area contributed by atoms with Gasteiger partial charge >= 0.3 is 0 Å². The van der Waals surface area contributed by atoms with Crippen LogP contribution in [-0.2, 0) is 5.60 Å². The van der Waals surface area contributed by atoms with Gasteiger partial charge < -0.3 is 25.1 Å². The summed E-state index contributed by atoms with van der Waals surface area (Å²) < 4.78 is 5.50. The molecule has 1 aromatic rings. The molecule has 1 aromatic heterocycles. The molecule has 7 heteroatoms. The SMILES string of the molecule is CCNC(=NCC(C)(O)c1ccc(C)o1)NCCN(C)CC.I. The van der Waals surface area contributed by atoms with E-state index in [0.29, 0.717) is 11.7 Å². The van der Waals surface area contributed by atoms with E-state index in [4.69, 9.17) is 4.42 Å². The fourth-order valence-electron chi connectivity index (χ4n) is 1.90. The van der Waals surface area contributed by atoms with Crippen molar-refractivity contribution in [2.24, 2.45) is 4.99 Å². The molecule has 0 amide bonds. The van der Waals surface area contributed by atoms with E-state index in [9.17, 15) is 5.11 Å². The molecule has 1 atom stereocenters. The smallest absolute Gasteiger partial charge is 0.191 e. The first kappa shape index (κ1) is 22.2. The van der Waals surface area contributed by atoms with E-state index >= 15 is 0 Å². The Labute approximate surface area is 156 Å². The molecule has 3 N–H and O–H groups in total. The Kier molecular flexibility index (Phi) is 10.5. The normalized spacial score (nSPS) is 14.3. The summed E-state index contributed by atoms with van der Waals surface area (Å²) in [6, 6.07) is 3.64. The highest BCUT2D eigenvalue weighted by Crippen LogP contribution is 2.22. The summed E-state index contributed by atoms with van der Waals surface area (Å²) in [7, 11) is 2.08. The number of rotatable bonds is 8. The number of nitrogens with zero attached hydrogens (tertiary/aromatic N) is 2. The number of hydrogen-bond donors (Lipinski definition) is 3. The second-order valence-electron chi connectivity index (χ2n) is 5.70. The average molecular weight is 438 g/mol. The predicted molar refractivity (Wildman–Crippen MR) is 106 cm³/mol. The standard InChI is InChI=1S/C16H30N4O2.HI/c1-6-17-15(18-10-11-20(5)7-2)19-12-16(4,21)14-9-8-13(3)22-14;/h8-9,21H,6-7,10-12H2,1-5H3,(H2,17,18,19);1H. The molecule has 0 saturated heterocycles. The maximum Gasteiger partial charge on any atom is 0.191 e. The highest BCUT2D eigenvalue weighted by Gasteiger charge is 2.26. The lowest BCUT2D eigenvalue weighted by Crippen LogP contribution is -2.41. The molecule has 0 radical (unpaired) electrons. The van der Waals surface area contributed by atoms with Gasteiger partial charge in [-0.1, -0.05) is 6.92 Å². The van der Waals surface area contributed by atoms with Gasteiger partial charge in [-0.05, 0) is 46.5 Å². The van der Waals surface area contributed by atoms with Crippen molar-refractivity contribution in [2.75, 3.05) is 39.8 Å². The molecule has 0 aliphatic rings. The van der Waals surface area contributed by atoms with Crippen LogP contribution in [0.3, 0.4) is 0 Å².